The molecule has 0 aliphatic rings. The minimum atomic E-state index is -1.15. The summed E-state index contributed by atoms with van der Waals surface area (Å²) in [6.07, 6.45) is 0.125. The second-order valence-electron chi connectivity index (χ2n) is 8.48. The van der Waals surface area contributed by atoms with Crippen molar-refractivity contribution < 1.29 is 19.4 Å². The fourth-order valence-corrected chi connectivity index (χ4v) is 4.49. The van der Waals surface area contributed by atoms with Crippen LogP contribution in [0.15, 0.2) is 103 Å². The van der Waals surface area contributed by atoms with Crippen molar-refractivity contribution in [2.75, 3.05) is 0 Å². The van der Waals surface area contributed by atoms with Gasteiger partial charge in [-0.25, -0.2) is 4.79 Å². The van der Waals surface area contributed by atoms with E-state index in [9.17, 15) is 14.7 Å². The minimum Gasteiger partial charge on any atom is -0.489 e. The molecule has 0 heterocycles. The molecule has 1 atom stereocenters. The summed E-state index contributed by atoms with van der Waals surface area (Å²) in [7, 11) is 0. The first-order valence-corrected chi connectivity index (χ1v) is 12.5. The smallest absolute Gasteiger partial charge is 0.326 e. The Morgan fingerprint density at radius 1 is 0.811 bits per heavy atom. The van der Waals surface area contributed by atoms with E-state index in [0.29, 0.717) is 22.9 Å². The minimum absolute atomic E-state index is 0.00650. The Kier molecular flexibility index (Phi) is 8.83. The van der Waals surface area contributed by atoms with Crippen LogP contribution in [0, 0.1) is 0 Å². The van der Waals surface area contributed by atoms with Crippen molar-refractivity contribution in [2.45, 2.75) is 25.6 Å². The number of aliphatic carboxylic acids is 1. The zero-order valence-electron chi connectivity index (χ0n) is 19.9. The van der Waals surface area contributed by atoms with Gasteiger partial charge >= 0.3 is 5.97 Å². The first-order chi connectivity index (χ1) is 17.9. The largest absolute Gasteiger partial charge is 0.489 e. The topological polar surface area (TPSA) is 66.8 Å². The number of halogens is 2. The van der Waals surface area contributed by atoms with Crippen LogP contribution in [0.5, 0.6) is 5.75 Å². The number of hydrogen-bond acceptors (Lipinski definition) is 3. The number of carboxylic acids is 1. The van der Waals surface area contributed by atoms with Gasteiger partial charge in [-0.3, -0.25) is 4.79 Å². The van der Waals surface area contributed by atoms with Crippen LogP contribution in [0.4, 0.5) is 0 Å². The Morgan fingerprint density at radius 3 is 2.08 bits per heavy atom. The molecule has 1 N–H and O–H groups in total. The lowest BCUT2D eigenvalue weighted by molar-refractivity contribution is -0.142. The molecular weight excluding hydrogens is 509 g/mol. The number of amides is 1. The lowest BCUT2D eigenvalue weighted by Gasteiger charge is -2.30. The van der Waals surface area contributed by atoms with Crippen molar-refractivity contribution in [1.82, 2.24) is 4.90 Å². The molecule has 0 bridgehead atoms. The highest BCUT2D eigenvalue weighted by atomic mass is 35.5. The number of nitrogens with zero attached hydrogens (tertiary/aromatic N) is 1. The van der Waals surface area contributed by atoms with Crippen LogP contribution in [-0.2, 0) is 24.4 Å². The van der Waals surface area contributed by atoms with E-state index in [2.05, 4.69) is 0 Å². The molecule has 1 amide bonds. The lowest BCUT2D eigenvalue weighted by atomic mass is 10.0. The summed E-state index contributed by atoms with van der Waals surface area (Å²) in [6, 6.07) is 29.6. The summed E-state index contributed by atoms with van der Waals surface area (Å²) in [4.78, 5) is 27.7. The van der Waals surface area contributed by atoms with Crippen molar-refractivity contribution in [3.63, 3.8) is 0 Å². The summed E-state index contributed by atoms with van der Waals surface area (Å²) in [5, 5.41) is 10.8. The molecule has 0 saturated heterocycles. The van der Waals surface area contributed by atoms with Crippen molar-refractivity contribution >= 4 is 35.1 Å². The summed E-state index contributed by atoms with van der Waals surface area (Å²) in [5.74, 6) is -1.07. The third-order valence-electron chi connectivity index (χ3n) is 5.91. The molecule has 0 fully saturated rings. The van der Waals surface area contributed by atoms with E-state index < -0.39 is 17.9 Å². The monoisotopic (exact) mass is 533 g/mol. The number of rotatable bonds is 10. The second-order valence-corrected chi connectivity index (χ2v) is 9.33. The first kappa shape index (κ1) is 26.3. The Labute approximate surface area is 225 Å². The van der Waals surface area contributed by atoms with Crippen LogP contribution in [0.1, 0.15) is 27.0 Å². The summed E-state index contributed by atoms with van der Waals surface area (Å²) in [5.41, 5.74) is 2.64. The molecule has 0 aliphatic heterocycles. The second kappa shape index (κ2) is 12.4. The SMILES string of the molecule is O=C(O)C(Cc1ccccc1)N(Cc1ccccc1OCc1ccccc1)C(=O)c1ccc(Cl)cc1Cl. The highest BCUT2D eigenvalue weighted by Crippen LogP contribution is 2.27. The maximum atomic E-state index is 13.8. The van der Waals surface area contributed by atoms with Gasteiger partial charge in [-0.1, -0.05) is 102 Å². The van der Waals surface area contributed by atoms with Crippen molar-refractivity contribution in [1.29, 1.82) is 0 Å². The van der Waals surface area contributed by atoms with E-state index in [1.807, 2.05) is 84.9 Å². The van der Waals surface area contributed by atoms with Crippen molar-refractivity contribution in [3.05, 3.63) is 135 Å². The van der Waals surface area contributed by atoms with Crippen LogP contribution >= 0.6 is 23.2 Å². The molecular formula is C30H25Cl2NO4. The van der Waals surface area contributed by atoms with Crippen LogP contribution in [0.25, 0.3) is 0 Å². The predicted molar refractivity (Wildman–Crippen MR) is 145 cm³/mol. The Balaban J connectivity index is 1.69. The fraction of sp³-hybridized carbons (Fsp3) is 0.133. The molecule has 0 spiro atoms. The average Bonchev–Trinajstić information content (AvgIpc) is 2.91. The van der Waals surface area contributed by atoms with Crippen LogP contribution in [0.3, 0.4) is 0 Å². The molecule has 0 aliphatic carbocycles. The molecule has 0 radical (unpaired) electrons. The molecule has 4 rings (SSSR count). The number of carboxylic acid groups (broad SMARTS) is 1. The molecule has 0 aromatic heterocycles. The molecule has 1 unspecified atom stereocenters. The van der Waals surface area contributed by atoms with Gasteiger partial charge < -0.3 is 14.7 Å². The quantitative estimate of drug-likeness (QED) is 0.240. The normalized spacial score (nSPS) is 11.5. The van der Waals surface area contributed by atoms with Crippen molar-refractivity contribution in [2.24, 2.45) is 0 Å². The molecule has 4 aromatic carbocycles. The van der Waals surface area contributed by atoms with E-state index in [1.54, 1.807) is 6.07 Å². The third-order valence-corrected chi connectivity index (χ3v) is 6.45. The number of para-hydroxylation sites is 1. The number of carbonyl (C=O) groups excluding carboxylic acids is 1. The highest BCUT2D eigenvalue weighted by molar-refractivity contribution is 6.36. The number of benzene rings is 4. The molecule has 7 heteroatoms. The van der Waals surface area contributed by atoms with Gasteiger partial charge in [0, 0.05) is 17.0 Å². The molecule has 0 saturated carbocycles. The van der Waals surface area contributed by atoms with Gasteiger partial charge in [0.1, 0.15) is 18.4 Å². The summed E-state index contributed by atoms with van der Waals surface area (Å²) in [6.45, 7) is 0.341. The fourth-order valence-electron chi connectivity index (χ4n) is 4.00. The van der Waals surface area contributed by atoms with Crippen LogP contribution in [-0.4, -0.2) is 27.9 Å². The van der Waals surface area contributed by atoms with Gasteiger partial charge in [0.25, 0.3) is 5.91 Å². The van der Waals surface area contributed by atoms with E-state index >= 15 is 0 Å². The van der Waals surface area contributed by atoms with Gasteiger partial charge in [0.15, 0.2) is 0 Å². The summed E-state index contributed by atoms with van der Waals surface area (Å²) >= 11 is 12.4. The van der Waals surface area contributed by atoms with Crippen LogP contribution < -0.4 is 4.74 Å². The molecule has 37 heavy (non-hydrogen) atoms. The average molecular weight is 534 g/mol. The van der Waals surface area contributed by atoms with Gasteiger partial charge in [0.2, 0.25) is 0 Å². The first-order valence-electron chi connectivity index (χ1n) is 11.7. The maximum absolute atomic E-state index is 13.8. The maximum Gasteiger partial charge on any atom is 0.326 e. The van der Waals surface area contributed by atoms with Crippen LogP contribution in [0.2, 0.25) is 10.0 Å². The standard InChI is InChI=1S/C30H25Cl2NO4/c31-24-15-16-25(26(32)18-24)29(34)33(27(30(35)36)17-21-9-3-1-4-10-21)19-23-13-7-8-14-28(23)37-20-22-11-5-2-6-12-22/h1-16,18,27H,17,19-20H2,(H,35,36). The zero-order chi connectivity index (χ0) is 26.2. The summed E-state index contributed by atoms with van der Waals surface area (Å²) < 4.78 is 6.08. The van der Waals surface area contributed by atoms with E-state index in [1.165, 1.54) is 17.0 Å². The lowest BCUT2D eigenvalue weighted by Crippen LogP contribution is -2.46. The Hall–Kier alpha value is -3.80. The number of carbonyl (C=O) groups is 2. The third kappa shape index (κ3) is 6.91. The Morgan fingerprint density at radius 2 is 1.43 bits per heavy atom. The molecule has 4 aromatic rings. The van der Waals surface area contributed by atoms with Gasteiger partial charge in [-0.15, -0.1) is 0 Å². The van der Waals surface area contributed by atoms with Gasteiger partial charge in [0.05, 0.1) is 17.1 Å². The van der Waals surface area contributed by atoms with E-state index in [-0.39, 0.29) is 23.6 Å². The Bertz CT molecular complexity index is 1360. The predicted octanol–water partition coefficient (Wildman–Crippen LogP) is 6.91. The van der Waals surface area contributed by atoms with Gasteiger partial charge in [-0.2, -0.15) is 0 Å². The molecule has 188 valence electrons. The zero-order valence-corrected chi connectivity index (χ0v) is 21.4. The van der Waals surface area contributed by atoms with Crippen molar-refractivity contribution in [3.8, 4) is 5.75 Å². The number of hydrogen-bond donors (Lipinski definition) is 1. The number of ether oxygens (including phenoxy) is 1. The molecule has 5 nitrogen and oxygen atoms in total. The van der Waals surface area contributed by atoms with E-state index in [4.69, 9.17) is 27.9 Å². The highest BCUT2D eigenvalue weighted by Gasteiger charge is 2.32. The van der Waals surface area contributed by atoms with Gasteiger partial charge in [-0.05, 0) is 35.4 Å². The van der Waals surface area contributed by atoms with E-state index in [0.717, 1.165) is 11.1 Å².